The Hall–Kier alpha value is -0.850. The Kier molecular flexibility index (Phi) is 2.28. The molecule has 60 valence electrons. The molecular weight excluding hydrogens is 136 g/mol. The third kappa shape index (κ3) is 1.79. The van der Waals surface area contributed by atoms with Crippen molar-refractivity contribution < 1.29 is 4.79 Å². The Morgan fingerprint density at radius 3 is 2.45 bits per heavy atom. The van der Waals surface area contributed by atoms with Crippen molar-refractivity contribution in [3.05, 3.63) is 23.3 Å². The van der Waals surface area contributed by atoms with E-state index >= 15 is 0 Å². The molecule has 0 aliphatic heterocycles. The van der Waals surface area contributed by atoms with E-state index in [-0.39, 0.29) is 5.78 Å². The van der Waals surface area contributed by atoms with E-state index < -0.39 is 0 Å². The summed E-state index contributed by atoms with van der Waals surface area (Å²) in [6.07, 6.45) is 4.61. The lowest BCUT2D eigenvalue weighted by molar-refractivity contribution is -0.115. The monoisotopic (exact) mass is 150 g/mol. The molecule has 11 heavy (non-hydrogen) atoms. The van der Waals surface area contributed by atoms with Crippen LogP contribution in [-0.2, 0) is 4.79 Å². The fraction of sp³-hybridized carbons (Fsp3) is 0.500. The van der Waals surface area contributed by atoms with E-state index in [1.54, 1.807) is 0 Å². The molecule has 0 amide bonds. The van der Waals surface area contributed by atoms with Crippen LogP contribution in [0.3, 0.4) is 0 Å². The summed E-state index contributed by atoms with van der Waals surface area (Å²) >= 11 is 0. The third-order valence-corrected chi connectivity index (χ3v) is 2.09. The molecular formula is C10H14O. The summed E-state index contributed by atoms with van der Waals surface area (Å²) < 4.78 is 0. The number of allylic oxidation sites excluding steroid dienone is 4. The van der Waals surface area contributed by atoms with Crippen molar-refractivity contribution in [1.29, 1.82) is 0 Å². The van der Waals surface area contributed by atoms with E-state index in [1.165, 1.54) is 5.57 Å². The highest BCUT2D eigenvalue weighted by molar-refractivity contribution is 5.97. The van der Waals surface area contributed by atoms with Gasteiger partial charge in [-0.1, -0.05) is 31.6 Å². The molecule has 0 bridgehead atoms. The Labute approximate surface area is 67.8 Å². The smallest absolute Gasteiger partial charge is 0.162 e. The Bertz CT molecular complexity index is 231. The number of Topliss-reactive ketones (excluding diaryl/α,β-unsaturated/α-hetero) is 1. The van der Waals surface area contributed by atoms with E-state index in [2.05, 4.69) is 19.9 Å². The Morgan fingerprint density at radius 2 is 2.00 bits per heavy atom. The van der Waals surface area contributed by atoms with Gasteiger partial charge in [-0.15, -0.1) is 0 Å². The molecule has 0 spiro atoms. The van der Waals surface area contributed by atoms with E-state index in [9.17, 15) is 4.79 Å². The molecule has 0 atom stereocenters. The number of carbonyl (C=O) groups excluding carboxylic acids is 1. The molecule has 0 heterocycles. The lowest BCUT2D eigenvalue weighted by atomic mass is 9.91. The molecule has 0 saturated carbocycles. The summed E-state index contributed by atoms with van der Waals surface area (Å²) in [7, 11) is 0. The Balaban J connectivity index is 2.82. The summed E-state index contributed by atoms with van der Waals surface area (Å²) in [6.45, 7) is 6.11. The molecule has 1 aliphatic carbocycles. The van der Waals surface area contributed by atoms with Gasteiger partial charge < -0.3 is 0 Å². The maximum absolute atomic E-state index is 11.2. The molecule has 0 saturated heterocycles. The van der Waals surface area contributed by atoms with Crippen molar-refractivity contribution >= 4 is 5.78 Å². The first-order chi connectivity index (χ1) is 5.11. The summed E-state index contributed by atoms with van der Waals surface area (Å²) in [5.41, 5.74) is 2.13. The average Bonchev–Trinajstić information content (AvgIpc) is 1.94. The number of rotatable bonds is 1. The van der Waals surface area contributed by atoms with Crippen LogP contribution >= 0.6 is 0 Å². The minimum absolute atomic E-state index is 0.274. The van der Waals surface area contributed by atoms with Gasteiger partial charge in [0, 0.05) is 6.42 Å². The first-order valence-corrected chi connectivity index (χ1v) is 4.02. The van der Waals surface area contributed by atoms with Gasteiger partial charge in [0.15, 0.2) is 5.78 Å². The van der Waals surface area contributed by atoms with Gasteiger partial charge in [-0.05, 0) is 18.4 Å². The number of carbonyl (C=O) groups is 1. The van der Waals surface area contributed by atoms with Crippen LogP contribution < -0.4 is 0 Å². The minimum Gasteiger partial charge on any atom is -0.294 e. The maximum atomic E-state index is 11.2. The van der Waals surface area contributed by atoms with Crippen molar-refractivity contribution in [1.82, 2.24) is 0 Å². The molecule has 1 rings (SSSR count). The normalized spacial score (nSPS) is 18.4. The van der Waals surface area contributed by atoms with Gasteiger partial charge in [-0.25, -0.2) is 0 Å². The molecule has 0 N–H and O–H groups in total. The standard InChI is InChI=1S/C10H14O/c1-7(2)9-5-4-8(3)10(11)6-9/h4-5,7H,6H2,1-3H3. The van der Waals surface area contributed by atoms with E-state index in [1.807, 2.05) is 13.0 Å². The zero-order valence-corrected chi connectivity index (χ0v) is 7.35. The van der Waals surface area contributed by atoms with E-state index in [0.29, 0.717) is 12.3 Å². The predicted molar refractivity (Wildman–Crippen MR) is 46.3 cm³/mol. The van der Waals surface area contributed by atoms with Gasteiger partial charge in [-0.2, -0.15) is 0 Å². The number of hydrogen-bond donors (Lipinski definition) is 0. The maximum Gasteiger partial charge on any atom is 0.162 e. The zero-order valence-electron chi connectivity index (χ0n) is 7.35. The fourth-order valence-electron chi connectivity index (χ4n) is 1.11. The molecule has 0 fully saturated rings. The van der Waals surface area contributed by atoms with Gasteiger partial charge in [0.25, 0.3) is 0 Å². The van der Waals surface area contributed by atoms with Gasteiger partial charge in [0.2, 0.25) is 0 Å². The van der Waals surface area contributed by atoms with Crippen LogP contribution in [0.1, 0.15) is 27.2 Å². The summed E-state index contributed by atoms with van der Waals surface area (Å²) in [4.78, 5) is 11.2. The predicted octanol–water partition coefficient (Wildman–Crippen LogP) is 2.49. The minimum atomic E-state index is 0.274. The second-order valence-electron chi connectivity index (χ2n) is 3.35. The van der Waals surface area contributed by atoms with Crippen molar-refractivity contribution in [2.45, 2.75) is 27.2 Å². The van der Waals surface area contributed by atoms with Crippen LogP contribution in [0.4, 0.5) is 0 Å². The lowest BCUT2D eigenvalue weighted by Crippen LogP contribution is -2.08. The highest BCUT2D eigenvalue weighted by Crippen LogP contribution is 2.20. The molecule has 1 heteroatoms. The van der Waals surface area contributed by atoms with Gasteiger partial charge in [-0.3, -0.25) is 4.79 Å². The highest BCUT2D eigenvalue weighted by atomic mass is 16.1. The summed E-state index contributed by atoms with van der Waals surface area (Å²) in [6, 6.07) is 0. The quantitative estimate of drug-likeness (QED) is 0.561. The van der Waals surface area contributed by atoms with Crippen LogP contribution in [0.25, 0.3) is 0 Å². The molecule has 0 aromatic carbocycles. The largest absolute Gasteiger partial charge is 0.294 e. The van der Waals surface area contributed by atoms with Crippen LogP contribution in [0.5, 0.6) is 0 Å². The van der Waals surface area contributed by atoms with Crippen LogP contribution in [0.2, 0.25) is 0 Å². The number of hydrogen-bond acceptors (Lipinski definition) is 1. The van der Waals surface area contributed by atoms with Crippen molar-refractivity contribution in [2.75, 3.05) is 0 Å². The van der Waals surface area contributed by atoms with Crippen LogP contribution in [0, 0.1) is 5.92 Å². The summed E-state index contributed by atoms with van der Waals surface area (Å²) in [5, 5.41) is 0. The SMILES string of the molecule is CC1=CC=C(C(C)C)CC1=O. The van der Waals surface area contributed by atoms with E-state index in [4.69, 9.17) is 0 Å². The van der Waals surface area contributed by atoms with Crippen LogP contribution in [-0.4, -0.2) is 5.78 Å². The van der Waals surface area contributed by atoms with Gasteiger partial charge in [0.05, 0.1) is 0 Å². The first kappa shape index (κ1) is 8.25. The van der Waals surface area contributed by atoms with Crippen molar-refractivity contribution in [3.63, 3.8) is 0 Å². The van der Waals surface area contributed by atoms with Gasteiger partial charge in [0.1, 0.15) is 0 Å². The van der Waals surface area contributed by atoms with E-state index in [0.717, 1.165) is 5.57 Å². The zero-order chi connectivity index (χ0) is 8.43. The second kappa shape index (κ2) is 3.04. The molecule has 0 aromatic heterocycles. The highest BCUT2D eigenvalue weighted by Gasteiger charge is 2.13. The molecule has 0 unspecified atom stereocenters. The average molecular weight is 150 g/mol. The van der Waals surface area contributed by atoms with Crippen molar-refractivity contribution in [3.8, 4) is 0 Å². The molecule has 0 aromatic rings. The van der Waals surface area contributed by atoms with Crippen LogP contribution in [0.15, 0.2) is 23.3 Å². The van der Waals surface area contributed by atoms with Gasteiger partial charge >= 0.3 is 0 Å². The molecule has 1 nitrogen and oxygen atoms in total. The summed E-state index contributed by atoms with van der Waals surface area (Å²) in [5.74, 6) is 0.777. The third-order valence-electron chi connectivity index (χ3n) is 2.09. The topological polar surface area (TPSA) is 17.1 Å². The fourth-order valence-corrected chi connectivity index (χ4v) is 1.11. The molecule has 1 aliphatic rings. The molecule has 0 radical (unpaired) electrons. The number of ketones is 1. The van der Waals surface area contributed by atoms with Crippen molar-refractivity contribution in [2.24, 2.45) is 5.92 Å². The second-order valence-corrected chi connectivity index (χ2v) is 3.35. The lowest BCUT2D eigenvalue weighted by Gasteiger charge is -2.13. The first-order valence-electron chi connectivity index (χ1n) is 4.02. The Morgan fingerprint density at radius 1 is 1.36 bits per heavy atom.